The van der Waals surface area contributed by atoms with Crippen molar-refractivity contribution in [3.63, 3.8) is 0 Å². The molecule has 0 aliphatic carbocycles. The van der Waals surface area contributed by atoms with Crippen molar-refractivity contribution in [3.05, 3.63) is 42.3 Å². The van der Waals surface area contributed by atoms with Crippen molar-refractivity contribution >= 4 is 11.8 Å². The van der Waals surface area contributed by atoms with Crippen LogP contribution in [0.1, 0.15) is 52.0 Å². The van der Waals surface area contributed by atoms with Crippen LogP contribution in [0.2, 0.25) is 0 Å². The van der Waals surface area contributed by atoms with Gasteiger partial charge in [0, 0.05) is 18.0 Å². The number of nitrogens with two attached hydrogens (primary N) is 1. The largest absolute Gasteiger partial charge is 0.369 e. The van der Waals surface area contributed by atoms with Crippen LogP contribution in [0.15, 0.2) is 30.3 Å². The van der Waals surface area contributed by atoms with Crippen LogP contribution in [-0.4, -0.2) is 41.4 Å². The molecule has 2 unspecified atom stereocenters. The quantitative estimate of drug-likeness (QED) is 0.669. The van der Waals surface area contributed by atoms with E-state index in [1.807, 2.05) is 18.2 Å². The van der Waals surface area contributed by atoms with Crippen molar-refractivity contribution in [1.82, 2.24) is 10.2 Å². The molecule has 6 heteroatoms. The number of rotatable bonds is 9. The Morgan fingerprint density at radius 3 is 2.66 bits per heavy atom. The van der Waals surface area contributed by atoms with E-state index in [1.165, 1.54) is 12.0 Å². The van der Waals surface area contributed by atoms with Gasteiger partial charge in [-0.15, -0.1) is 0 Å². The Morgan fingerprint density at radius 1 is 1.38 bits per heavy atom. The van der Waals surface area contributed by atoms with Crippen molar-refractivity contribution in [2.45, 2.75) is 64.5 Å². The number of nitrogens with one attached hydrogen (secondary N) is 1. The van der Waals surface area contributed by atoms with Gasteiger partial charge in [-0.05, 0) is 44.2 Å². The SMILES string of the molecule is CCCN1CCC(C#N)(NC(=O)[CH]CC(C)(C)C(N)=O)CC1Cc1ccccc1. The molecule has 1 aromatic rings. The van der Waals surface area contributed by atoms with Gasteiger partial charge in [-0.25, -0.2) is 0 Å². The van der Waals surface area contributed by atoms with Crippen LogP contribution in [-0.2, 0) is 16.0 Å². The van der Waals surface area contributed by atoms with Crippen LogP contribution >= 0.6 is 0 Å². The number of benzene rings is 1. The van der Waals surface area contributed by atoms with E-state index in [0.29, 0.717) is 12.8 Å². The maximum Gasteiger partial charge on any atom is 0.225 e. The van der Waals surface area contributed by atoms with E-state index in [4.69, 9.17) is 5.73 Å². The Kier molecular flexibility index (Phi) is 7.80. The van der Waals surface area contributed by atoms with Crippen molar-refractivity contribution < 1.29 is 9.59 Å². The monoisotopic (exact) mass is 397 g/mol. The molecular formula is C23H33N4O2. The van der Waals surface area contributed by atoms with Crippen molar-refractivity contribution in [2.75, 3.05) is 13.1 Å². The number of likely N-dealkylation sites (tertiary alicyclic amines) is 1. The number of hydrogen-bond donors (Lipinski definition) is 2. The van der Waals surface area contributed by atoms with Gasteiger partial charge in [0.1, 0.15) is 5.54 Å². The summed E-state index contributed by atoms with van der Waals surface area (Å²) in [6, 6.07) is 12.8. The number of carbonyl (C=O) groups is 2. The molecule has 1 radical (unpaired) electrons. The van der Waals surface area contributed by atoms with Crippen LogP contribution in [0.25, 0.3) is 0 Å². The van der Waals surface area contributed by atoms with E-state index < -0.39 is 16.9 Å². The molecule has 0 aromatic heterocycles. The van der Waals surface area contributed by atoms with Gasteiger partial charge >= 0.3 is 0 Å². The summed E-state index contributed by atoms with van der Waals surface area (Å²) in [4.78, 5) is 26.4. The highest BCUT2D eigenvalue weighted by atomic mass is 16.2. The summed E-state index contributed by atoms with van der Waals surface area (Å²) < 4.78 is 0. The second-order valence-corrected chi connectivity index (χ2v) is 8.67. The molecule has 2 atom stereocenters. The Morgan fingerprint density at radius 2 is 2.07 bits per heavy atom. The highest BCUT2D eigenvalue weighted by Gasteiger charge is 2.41. The minimum Gasteiger partial charge on any atom is -0.369 e. The second kappa shape index (κ2) is 9.89. The van der Waals surface area contributed by atoms with Gasteiger partial charge in [-0.1, -0.05) is 51.1 Å². The summed E-state index contributed by atoms with van der Waals surface area (Å²) in [5.41, 5.74) is 4.92. The highest BCUT2D eigenvalue weighted by Crippen LogP contribution is 2.29. The number of carbonyl (C=O) groups excluding carboxylic acids is 2. The van der Waals surface area contributed by atoms with Gasteiger partial charge in [0.15, 0.2) is 0 Å². The highest BCUT2D eigenvalue weighted by molar-refractivity contribution is 5.87. The molecule has 1 aliphatic rings. The fourth-order valence-corrected chi connectivity index (χ4v) is 3.80. The van der Waals surface area contributed by atoms with Gasteiger partial charge in [0.25, 0.3) is 0 Å². The predicted molar refractivity (Wildman–Crippen MR) is 113 cm³/mol. The lowest BCUT2D eigenvalue weighted by molar-refractivity contribution is -0.126. The Bertz CT molecular complexity index is 741. The number of amides is 2. The molecule has 1 fully saturated rings. The average molecular weight is 398 g/mol. The van der Waals surface area contributed by atoms with Crippen molar-refractivity contribution in [1.29, 1.82) is 5.26 Å². The molecule has 0 bridgehead atoms. The molecule has 29 heavy (non-hydrogen) atoms. The smallest absolute Gasteiger partial charge is 0.225 e. The first-order valence-electron chi connectivity index (χ1n) is 10.4. The summed E-state index contributed by atoms with van der Waals surface area (Å²) in [5.74, 6) is -0.768. The van der Waals surface area contributed by atoms with Gasteiger partial charge < -0.3 is 11.1 Å². The lowest BCUT2D eigenvalue weighted by atomic mass is 9.81. The fraction of sp³-hybridized carbons (Fsp3) is 0.565. The van der Waals surface area contributed by atoms with E-state index in [-0.39, 0.29) is 18.4 Å². The van der Waals surface area contributed by atoms with Crippen molar-refractivity contribution in [2.24, 2.45) is 11.1 Å². The predicted octanol–water partition coefficient (Wildman–Crippen LogP) is 2.59. The van der Waals surface area contributed by atoms with E-state index in [1.54, 1.807) is 13.8 Å². The fourth-order valence-electron chi connectivity index (χ4n) is 3.80. The zero-order valence-corrected chi connectivity index (χ0v) is 17.8. The topological polar surface area (TPSA) is 99.2 Å². The minimum absolute atomic E-state index is 0.188. The number of nitrogens with zero attached hydrogens (tertiary/aromatic N) is 2. The Labute approximate surface area is 174 Å². The van der Waals surface area contributed by atoms with E-state index in [9.17, 15) is 14.9 Å². The first-order chi connectivity index (χ1) is 13.7. The van der Waals surface area contributed by atoms with E-state index in [2.05, 4.69) is 35.3 Å². The summed E-state index contributed by atoms with van der Waals surface area (Å²) >= 11 is 0. The number of nitriles is 1. The van der Waals surface area contributed by atoms with Crippen LogP contribution in [0, 0.1) is 23.2 Å². The van der Waals surface area contributed by atoms with Crippen LogP contribution in [0.4, 0.5) is 0 Å². The average Bonchev–Trinajstić information content (AvgIpc) is 2.69. The van der Waals surface area contributed by atoms with Gasteiger partial charge in [0.05, 0.1) is 12.5 Å². The lowest BCUT2D eigenvalue weighted by Gasteiger charge is -2.44. The summed E-state index contributed by atoms with van der Waals surface area (Å²) in [5, 5.41) is 12.9. The molecule has 157 valence electrons. The van der Waals surface area contributed by atoms with Gasteiger partial charge in [0.2, 0.25) is 11.8 Å². The molecular weight excluding hydrogens is 364 g/mol. The molecule has 0 spiro atoms. The maximum absolute atomic E-state index is 12.5. The molecule has 2 amide bonds. The third kappa shape index (κ3) is 6.30. The molecule has 0 saturated carbocycles. The molecule has 3 N–H and O–H groups in total. The zero-order valence-electron chi connectivity index (χ0n) is 17.8. The zero-order chi connectivity index (χ0) is 21.5. The molecule has 1 aromatic carbocycles. The summed E-state index contributed by atoms with van der Waals surface area (Å²) in [6.07, 6.45) is 4.75. The third-order valence-corrected chi connectivity index (χ3v) is 5.79. The Balaban J connectivity index is 2.07. The van der Waals surface area contributed by atoms with Gasteiger partial charge in [-0.2, -0.15) is 5.26 Å². The lowest BCUT2D eigenvalue weighted by Crippen LogP contribution is -2.58. The molecule has 1 saturated heterocycles. The molecule has 6 nitrogen and oxygen atoms in total. The summed E-state index contributed by atoms with van der Waals surface area (Å²) in [7, 11) is 0. The van der Waals surface area contributed by atoms with Gasteiger partial charge in [-0.3, -0.25) is 14.5 Å². The maximum atomic E-state index is 12.5. The third-order valence-electron chi connectivity index (χ3n) is 5.79. The Hall–Kier alpha value is -2.39. The first-order valence-corrected chi connectivity index (χ1v) is 10.4. The van der Waals surface area contributed by atoms with E-state index >= 15 is 0 Å². The summed E-state index contributed by atoms with van der Waals surface area (Å²) in [6.45, 7) is 7.32. The van der Waals surface area contributed by atoms with Crippen LogP contribution < -0.4 is 11.1 Å². The molecule has 1 heterocycles. The molecule has 2 rings (SSSR count). The molecule has 1 aliphatic heterocycles. The van der Waals surface area contributed by atoms with Crippen molar-refractivity contribution in [3.8, 4) is 6.07 Å². The number of piperidine rings is 1. The number of hydrogen-bond acceptors (Lipinski definition) is 4. The van der Waals surface area contributed by atoms with Crippen LogP contribution in [0.3, 0.4) is 0 Å². The standard InChI is InChI=1S/C23H33N4O2/c1-4-13-27-14-12-23(17-24,16-19(27)15-18-8-6-5-7-9-18)26-20(28)10-11-22(2,3)21(25)29/h5-10,19H,4,11-16H2,1-3H3,(H2,25,29)(H,26,28). The minimum atomic E-state index is -0.895. The first kappa shape index (κ1) is 22.9. The second-order valence-electron chi connectivity index (χ2n) is 8.67. The van der Waals surface area contributed by atoms with E-state index in [0.717, 1.165) is 25.9 Å². The number of primary amides is 1. The van der Waals surface area contributed by atoms with Crippen LogP contribution in [0.5, 0.6) is 0 Å². The normalized spacial score (nSPS) is 22.6.